The lowest BCUT2D eigenvalue weighted by atomic mass is 10.2. The Balaban J connectivity index is 2.10. The molecule has 0 fully saturated rings. The van der Waals surface area contributed by atoms with Crippen LogP contribution < -0.4 is 5.73 Å². The van der Waals surface area contributed by atoms with Crippen LogP contribution in [-0.2, 0) is 4.79 Å². The van der Waals surface area contributed by atoms with Crippen LogP contribution in [0.15, 0.2) is 29.6 Å². The topological polar surface area (TPSA) is 46.3 Å². The predicted molar refractivity (Wildman–Crippen MR) is 81.5 cm³/mol. The molecule has 0 aromatic carbocycles. The summed E-state index contributed by atoms with van der Waals surface area (Å²) in [6, 6.07) is 7.46. The summed E-state index contributed by atoms with van der Waals surface area (Å²) in [6.07, 6.45) is 0. The second-order valence-electron chi connectivity index (χ2n) is 4.57. The van der Waals surface area contributed by atoms with Gasteiger partial charge in [-0.2, -0.15) is 0 Å². The maximum atomic E-state index is 12.4. The van der Waals surface area contributed by atoms with Gasteiger partial charge >= 0.3 is 0 Å². The summed E-state index contributed by atoms with van der Waals surface area (Å²) in [5, 5.41) is 1.94. The van der Waals surface area contributed by atoms with Crippen LogP contribution in [0, 0.1) is 6.92 Å². The second-order valence-corrected chi connectivity index (χ2v) is 6.87. The average molecular weight is 294 g/mol. The molecule has 2 aromatic rings. The highest BCUT2D eigenvalue weighted by Crippen LogP contribution is 2.28. The molecule has 3 nitrogen and oxygen atoms in total. The van der Waals surface area contributed by atoms with Crippen LogP contribution in [0.5, 0.6) is 0 Å². The zero-order valence-corrected chi connectivity index (χ0v) is 12.9. The summed E-state index contributed by atoms with van der Waals surface area (Å²) in [6.45, 7) is 4.10. The fourth-order valence-corrected chi connectivity index (χ4v) is 3.56. The lowest BCUT2D eigenvalue weighted by Crippen LogP contribution is -2.36. The molecule has 5 heteroatoms. The van der Waals surface area contributed by atoms with Crippen LogP contribution >= 0.6 is 22.7 Å². The molecule has 2 N–H and O–H groups in total. The Morgan fingerprint density at radius 3 is 2.58 bits per heavy atom. The van der Waals surface area contributed by atoms with Gasteiger partial charge in [-0.3, -0.25) is 4.79 Å². The van der Waals surface area contributed by atoms with E-state index in [1.165, 1.54) is 21.1 Å². The third-order valence-corrected chi connectivity index (χ3v) is 5.34. The molecule has 19 heavy (non-hydrogen) atoms. The molecular formula is C14H18N2OS2. The maximum absolute atomic E-state index is 12.4. The molecule has 0 saturated carbocycles. The fraction of sp³-hybridized carbons (Fsp3) is 0.357. The largest absolute Gasteiger partial charge is 0.337 e. The van der Waals surface area contributed by atoms with E-state index in [-0.39, 0.29) is 11.9 Å². The van der Waals surface area contributed by atoms with Crippen LogP contribution in [0.4, 0.5) is 0 Å². The highest BCUT2D eigenvalue weighted by Gasteiger charge is 2.25. The number of aryl methyl sites for hydroxylation is 1. The standard InChI is InChI=1S/C14H18N2OS2/c1-9-6-7-11(19-9)10(2)16(3)14(17)13(15)12-5-4-8-18-12/h4-8,10,13H,15H2,1-3H3. The quantitative estimate of drug-likeness (QED) is 0.940. The monoisotopic (exact) mass is 294 g/mol. The number of nitrogens with zero attached hydrogens (tertiary/aromatic N) is 1. The number of likely N-dealkylation sites (N-methyl/N-ethyl adjacent to an activating group) is 1. The Morgan fingerprint density at radius 2 is 2.05 bits per heavy atom. The van der Waals surface area contributed by atoms with Crippen LogP contribution in [-0.4, -0.2) is 17.9 Å². The van der Waals surface area contributed by atoms with Crippen molar-refractivity contribution >= 4 is 28.6 Å². The Kier molecular flexibility index (Phi) is 4.39. The highest BCUT2D eigenvalue weighted by atomic mass is 32.1. The number of nitrogens with two attached hydrogens (primary N) is 1. The summed E-state index contributed by atoms with van der Waals surface area (Å²) in [5.41, 5.74) is 6.03. The Morgan fingerprint density at radius 1 is 1.32 bits per heavy atom. The Hall–Kier alpha value is -1.17. The van der Waals surface area contributed by atoms with Crippen LogP contribution in [0.25, 0.3) is 0 Å². The molecule has 102 valence electrons. The van der Waals surface area contributed by atoms with Gasteiger partial charge in [-0.1, -0.05) is 6.07 Å². The van der Waals surface area contributed by atoms with E-state index in [1.807, 2.05) is 31.5 Å². The van der Waals surface area contributed by atoms with Crippen molar-refractivity contribution in [3.8, 4) is 0 Å². The molecule has 2 unspecified atom stereocenters. The first kappa shape index (κ1) is 14.2. The van der Waals surface area contributed by atoms with Crippen molar-refractivity contribution in [2.24, 2.45) is 5.73 Å². The van der Waals surface area contributed by atoms with E-state index in [2.05, 4.69) is 19.1 Å². The van der Waals surface area contributed by atoms with Crippen molar-refractivity contribution in [2.45, 2.75) is 25.9 Å². The average Bonchev–Trinajstić information content (AvgIpc) is 3.06. The van der Waals surface area contributed by atoms with Gasteiger partial charge in [0.2, 0.25) is 5.91 Å². The maximum Gasteiger partial charge on any atom is 0.245 e. The minimum atomic E-state index is -0.562. The second kappa shape index (κ2) is 5.86. The molecule has 0 bridgehead atoms. The van der Waals surface area contributed by atoms with Crippen LogP contribution in [0.1, 0.15) is 33.6 Å². The van der Waals surface area contributed by atoms with E-state index in [9.17, 15) is 4.79 Å². The lowest BCUT2D eigenvalue weighted by molar-refractivity contribution is -0.133. The lowest BCUT2D eigenvalue weighted by Gasteiger charge is -2.26. The molecule has 2 rings (SSSR count). The Labute approximate surface area is 121 Å². The van der Waals surface area contributed by atoms with Crippen molar-refractivity contribution in [2.75, 3.05) is 7.05 Å². The summed E-state index contributed by atoms with van der Waals surface area (Å²) in [5.74, 6) is -0.0407. The number of rotatable bonds is 4. The van der Waals surface area contributed by atoms with E-state index in [0.29, 0.717) is 0 Å². The highest BCUT2D eigenvalue weighted by molar-refractivity contribution is 7.12. The predicted octanol–water partition coefficient (Wildman–Crippen LogP) is 3.34. The van der Waals surface area contributed by atoms with Gasteiger partial charge in [0.1, 0.15) is 6.04 Å². The van der Waals surface area contributed by atoms with Gasteiger partial charge < -0.3 is 10.6 Å². The number of hydrogen-bond donors (Lipinski definition) is 1. The zero-order valence-electron chi connectivity index (χ0n) is 11.3. The van der Waals surface area contributed by atoms with E-state index in [1.54, 1.807) is 16.2 Å². The molecule has 2 heterocycles. The molecule has 0 aliphatic carbocycles. The third kappa shape index (κ3) is 3.05. The zero-order chi connectivity index (χ0) is 14.0. The minimum Gasteiger partial charge on any atom is -0.337 e. The molecule has 0 saturated heterocycles. The first-order chi connectivity index (χ1) is 9.00. The first-order valence-corrected chi connectivity index (χ1v) is 7.82. The van der Waals surface area contributed by atoms with E-state index < -0.39 is 6.04 Å². The number of carbonyl (C=O) groups is 1. The van der Waals surface area contributed by atoms with Gasteiger partial charge in [0.15, 0.2) is 0 Å². The van der Waals surface area contributed by atoms with Crippen molar-refractivity contribution in [3.05, 3.63) is 44.3 Å². The number of hydrogen-bond acceptors (Lipinski definition) is 4. The molecular weight excluding hydrogens is 276 g/mol. The molecule has 0 radical (unpaired) electrons. The first-order valence-electron chi connectivity index (χ1n) is 6.12. The number of thiophene rings is 2. The van der Waals surface area contributed by atoms with Crippen molar-refractivity contribution in [3.63, 3.8) is 0 Å². The van der Waals surface area contributed by atoms with Crippen molar-refractivity contribution < 1.29 is 4.79 Å². The van der Waals surface area contributed by atoms with Gasteiger partial charge in [-0.05, 0) is 37.4 Å². The minimum absolute atomic E-state index is 0.0407. The SMILES string of the molecule is Cc1ccc(C(C)N(C)C(=O)C(N)c2cccs2)s1. The molecule has 0 aliphatic rings. The molecule has 0 spiro atoms. The van der Waals surface area contributed by atoms with E-state index >= 15 is 0 Å². The van der Waals surface area contributed by atoms with Crippen molar-refractivity contribution in [1.82, 2.24) is 4.90 Å². The molecule has 1 amide bonds. The van der Waals surface area contributed by atoms with E-state index in [4.69, 9.17) is 5.73 Å². The van der Waals surface area contributed by atoms with Gasteiger partial charge in [0, 0.05) is 21.7 Å². The molecule has 2 aromatic heterocycles. The Bertz CT molecular complexity index is 548. The summed E-state index contributed by atoms with van der Waals surface area (Å²) < 4.78 is 0. The molecule has 2 atom stereocenters. The smallest absolute Gasteiger partial charge is 0.245 e. The van der Waals surface area contributed by atoms with Gasteiger partial charge in [0.25, 0.3) is 0 Å². The van der Waals surface area contributed by atoms with E-state index in [0.717, 1.165) is 4.88 Å². The summed E-state index contributed by atoms with van der Waals surface area (Å²) in [7, 11) is 1.82. The van der Waals surface area contributed by atoms with Gasteiger partial charge in [0.05, 0.1) is 6.04 Å². The van der Waals surface area contributed by atoms with Crippen molar-refractivity contribution in [1.29, 1.82) is 0 Å². The normalized spacial score (nSPS) is 14.1. The number of carbonyl (C=O) groups excluding carboxylic acids is 1. The third-order valence-electron chi connectivity index (χ3n) is 3.22. The molecule has 0 aliphatic heterocycles. The number of amides is 1. The fourth-order valence-electron chi connectivity index (χ4n) is 1.87. The van der Waals surface area contributed by atoms with Crippen LogP contribution in [0.2, 0.25) is 0 Å². The summed E-state index contributed by atoms with van der Waals surface area (Å²) >= 11 is 3.24. The van der Waals surface area contributed by atoms with Gasteiger partial charge in [-0.15, -0.1) is 22.7 Å². The van der Waals surface area contributed by atoms with Gasteiger partial charge in [-0.25, -0.2) is 0 Å². The summed E-state index contributed by atoms with van der Waals surface area (Å²) in [4.78, 5) is 17.5. The van der Waals surface area contributed by atoms with Crippen LogP contribution in [0.3, 0.4) is 0 Å².